The van der Waals surface area contributed by atoms with E-state index >= 15 is 0 Å². The van der Waals surface area contributed by atoms with Crippen molar-refractivity contribution >= 4 is 12.2 Å². The molecule has 0 unspecified atom stereocenters. The number of carbonyl (C=O) groups is 2. The summed E-state index contributed by atoms with van der Waals surface area (Å²) in [6.07, 6.45) is 7.09. The van der Waals surface area contributed by atoms with Crippen molar-refractivity contribution in [1.29, 1.82) is 0 Å². The molecule has 1 aliphatic carbocycles. The van der Waals surface area contributed by atoms with Gasteiger partial charge in [0.2, 0.25) is 5.91 Å². The molecule has 0 aliphatic heterocycles. The minimum absolute atomic E-state index is 0.0404. The second-order valence-electron chi connectivity index (χ2n) is 5.41. The predicted octanol–water partition coefficient (Wildman–Crippen LogP) is 1.87. The summed E-state index contributed by atoms with van der Waals surface area (Å²) in [5.74, 6) is 0.604. The molecule has 0 saturated heterocycles. The summed E-state index contributed by atoms with van der Waals surface area (Å²) in [4.78, 5) is 20.8. The molecule has 1 amide bonds. The van der Waals surface area contributed by atoms with Crippen molar-refractivity contribution in [2.45, 2.75) is 52.4 Å². The van der Waals surface area contributed by atoms with Crippen LogP contribution < -0.4 is 11.1 Å². The van der Waals surface area contributed by atoms with Gasteiger partial charge in [0.05, 0.1) is 0 Å². The summed E-state index contributed by atoms with van der Waals surface area (Å²) in [6, 6.07) is 0. The van der Waals surface area contributed by atoms with E-state index in [1.54, 1.807) is 0 Å². The third-order valence-electron chi connectivity index (χ3n) is 3.55. The highest BCUT2D eigenvalue weighted by Gasteiger charge is 2.32. The van der Waals surface area contributed by atoms with Crippen LogP contribution in [0.25, 0.3) is 0 Å². The van der Waals surface area contributed by atoms with E-state index in [1.807, 2.05) is 14.0 Å². The van der Waals surface area contributed by atoms with Crippen molar-refractivity contribution < 1.29 is 9.59 Å². The molecule has 4 heteroatoms. The molecule has 1 rings (SSSR count). The molecule has 0 bridgehead atoms. The summed E-state index contributed by atoms with van der Waals surface area (Å²) in [5, 5.41) is 3.11. The Kier molecular flexibility index (Phi) is 8.63. The Balaban J connectivity index is 0.000000411. The highest BCUT2D eigenvalue weighted by molar-refractivity contribution is 5.73. The lowest BCUT2D eigenvalue weighted by atomic mass is 9.72. The van der Waals surface area contributed by atoms with Crippen LogP contribution in [0.5, 0.6) is 0 Å². The van der Waals surface area contributed by atoms with Crippen LogP contribution in [0, 0.1) is 11.3 Å². The number of nitrogens with two attached hydrogens (primary N) is 1. The summed E-state index contributed by atoms with van der Waals surface area (Å²) in [5.41, 5.74) is 4.72. The SMILES string of the molecule is CCCC(N)=O.CNCC1(C=O)CCC(C)CC1. The van der Waals surface area contributed by atoms with E-state index in [0.29, 0.717) is 6.42 Å². The zero-order valence-electron chi connectivity index (χ0n) is 12.0. The van der Waals surface area contributed by atoms with Crippen molar-refractivity contribution in [3.63, 3.8) is 0 Å². The number of aldehydes is 1. The maximum atomic E-state index is 10.9. The van der Waals surface area contributed by atoms with Crippen LogP contribution in [0.2, 0.25) is 0 Å². The Labute approximate surface area is 111 Å². The van der Waals surface area contributed by atoms with Gasteiger partial charge in [0.25, 0.3) is 0 Å². The third kappa shape index (κ3) is 6.74. The maximum Gasteiger partial charge on any atom is 0.217 e. The number of carbonyl (C=O) groups excluding carboxylic acids is 2. The Bertz CT molecular complexity index is 246. The first-order chi connectivity index (χ1) is 8.49. The van der Waals surface area contributed by atoms with Gasteiger partial charge in [-0.25, -0.2) is 0 Å². The normalized spacial score (nSPS) is 26.9. The molecule has 4 nitrogen and oxygen atoms in total. The second kappa shape index (κ2) is 9.09. The van der Waals surface area contributed by atoms with Crippen molar-refractivity contribution in [3.05, 3.63) is 0 Å². The van der Waals surface area contributed by atoms with E-state index in [2.05, 4.69) is 12.2 Å². The average Bonchev–Trinajstić information content (AvgIpc) is 2.33. The van der Waals surface area contributed by atoms with Gasteiger partial charge in [0.1, 0.15) is 6.29 Å². The number of hydrogen-bond acceptors (Lipinski definition) is 3. The molecule has 18 heavy (non-hydrogen) atoms. The molecular formula is C14H28N2O2. The van der Waals surface area contributed by atoms with Crippen molar-refractivity contribution in [1.82, 2.24) is 5.32 Å². The van der Waals surface area contributed by atoms with Gasteiger partial charge in [-0.3, -0.25) is 4.79 Å². The van der Waals surface area contributed by atoms with Gasteiger partial charge in [-0.2, -0.15) is 0 Å². The van der Waals surface area contributed by atoms with Crippen molar-refractivity contribution in [2.24, 2.45) is 17.1 Å². The van der Waals surface area contributed by atoms with E-state index in [1.165, 1.54) is 12.8 Å². The number of rotatable bonds is 5. The lowest BCUT2D eigenvalue weighted by molar-refractivity contribution is -0.118. The largest absolute Gasteiger partial charge is 0.370 e. The minimum Gasteiger partial charge on any atom is -0.370 e. The Morgan fingerprint density at radius 3 is 2.28 bits per heavy atom. The average molecular weight is 256 g/mol. The van der Waals surface area contributed by atoms with E-state index in [9.17, 15) is 9.59 Å². The molecular weight excluding hydrogens is 228 g/mol. The van der Waals surface area contributed by atoms with Crippen LogP contribution in [0.4, 0.5) is 0 Å². The number of nitrogens with one attached hydrogen (secondary N) is 1. The van der Waals surface area contributed by atoms with Crippen molar-refractivity contribution in [3.8, 4) is 0 Å². The van der Waals surface area contributed by atoms with Crippen molar-refractivity contribution in [2.75, 3.05) is 13.6 Å². The molecule has 0 aromatic rings. The lowest BCUT2D eigenvalue weighted by Crippen LogP contribution is -2.37. The Morgan fingerprint density at radius 2 is 2.00 bits per heavy atom. The smallest absolute Gasteiger partial charge is 0.217 e. The highest BCUT2D eigenvalue weighted by Crippen LogP contribution is 2.36. The molecule has 106 valence electrons. The molecule has 3 N–H and O–H groups in total. The summed E-state index contributed by atoms with van der Waals surface area (Å²) in [6.45, 7) is 5.04. The first-order valence-corrected chi connectivity index (χ1v) is 6.89. The van der Waals surface area contributed by atoms with Crippen LogP contribution in [-0.2, 0) is 9.59 Å². The summed E-state index contributed by atoms with van der Waals surface area (Å²) < 4.78 is 0. The van der Waals surface area contributed by atoms with Crippen LogP contribution in [0.3, 0.4) is 0 Å². The lowest BCUT2D eigenvalue weighted by Gasteiger charge is -2.34. The molecule has 0 aromatic heterocycles. The fourth-order valence-electron chi connectivity index (χ4n) is 2.27. The van der Waals surface area contributed by atoms with Gasteiger partial charge in [0.15, 0.2) is 0 Å². The number of amides is 1. The quantitative estimate of drug-likeness (QED) is 0.738. The van der Waals surface area contributed by atoms with Gasteiger partial charge >= 0.3 is 0 Å². The highest BCUT2D eigenvalue weighted by atomic mass is 16.1. The fourth-order valence-corrected chi connectivity index (χ4v) is 2.27. The van der Waals surface area contributed by atoms with Gasteiger partial charge in [-0.1, -0.05) is 13.8 Å². The fraction of sp³-hybridized carbons (Fsp3) is 0.857. The molecule has 0 aromatic carbocycles. The van der Waals surface area contributed by atoms with Gasteiger partial charge in [0, 0.05) is 18.4 Å². The molecule has 0 atom stereocenters. The zero-order chi connectivity index (χ0) is 14.0. The van der Waals surface area contributed by atoms with Gasteiger partial charge in [-0.05, 0) is 45.1 Å². The van der Waals surface area contributed by atoms with E-state index in [4.69, 9.17) is 5.73 Å². The molecule has 0 spiro atoms. The van der Waals surface area contributed by atoms with E-state index < -0.39 is 0 Å². The van der Waals surface area contributed by atoms with E-state index in [0.717, 1.165) is 38.0 Å². The predicted molar refractivity (Wildman–Crippen MR) is 74.2 cm³/mol. The maximum absolute atomic E-state index is 10.9. The molecule has 0 radical (unpaired) electrons. The summed E-state index contributed by atoms with van der Waals surface area (Å²) >= 11 is 0. The first-order valence-electron chi connectivity index (χ1n) is 6.89. The van der Waals surface area contributed by atoms with Gasteiger partial charge < -0.3 is 15.8 Å². The minimum atomic E-state index is -0.211. The van der Waals surface area contributed by atoms with E-state index in [-0.39, 0.29) is 11.3 Å². The summed E-state index contributed by atoms with van der Waals surface area (Å²) in [7, 11) is 1.92. The Hall–Kier alpha value is -0.900. The van der Waals surface area contributed by atoms with Gasteiger partial charge in [-0.15, -0.1) is 0 Å². The third-order valence-corrected chi connectivity index (χ3v) is 3.55. The second-order valence-corrected chi connectivity index (χ2v) is 5.41. The number of primary amides is 1. The standard InChI is InChI=1S/C10H19NO.C4H9NO/c1-9-3-5-10(8-12,6-4-9)7-11-2;1-2-3-4(5)6/h8-9,11H,3-7H2,1-2H3;2-3H2,1H3,(H2,5,6). The topological polar surface area (TPSA) is 72.2 Å². The van der Waals surface area contributed by atoms with Crippen LogP contribution in [-0.4, -0.2) is 25.8 Å². The monoisotopic (exact) mass is 256 g/mol. The molecule has 1 aliphatic rings. The molecule has 0 heterocycles. The Morgan fingerprint density at radius 1 is 1.44 bits per heavy atom. The molecule has 1 fully saturated rings. The molecule has 1 saturated carbocycles. The van der Waals surface area contributed by atoms with Crippen LogP contribution >= 0.6 is 0 Å². The van der Waals surface area contributed by atoms with Crippen LogP contribution in [0.15, 0.2) is 0 Å². The first kappa shape index (κ1) is 17.1. The number of hydrogen-bond donors (Lipinski definition) is 2. The zero-order valence-corrected chi connectivity index (χ0v) is 12.0. The van der Waals surface area contributed by atoms with Crippen LogP contribution in [0.1, 0.15) is 52.4 Å².